The lowest BCUT2D eigenvalue weighted by Gasteiger charge is -2.32. The zero-order chi connectivity index (χ0) is 21.0. The van der Waals surface area contributed by atoms with Gasteiger partial charge in [0.25, 0.3) is 0 Å². The highest BCUT2D eigenvalue weighted by Crippen LogP contribution is 2.40. The number of halogens is 1. The number of benzene rings is 2. The molecule has 1 heterocycles. The van der Waals surface area contributed by atoms with Crippen LogP contribution in [0.25, 0.3) is 12.2 Å². The minimum absolute atomic E-state index is 0.0983. The lowest BCUT2D eigenvalue weighted by molar-refractivity contribution is 0.104. The summed E-state index contributed by atoms with van der Waals surface area (Å²) in [6, 6.07) is 9.11. The van der Waals surface area contributed by atoms with Crippen LogP contribution >= 0.6 is 0 Å². The maximum Gasteiger partial charge on any atom is 0.189 e. The van der Waals surface area contributed by atoms with Gasteiger partial charge in [-0.1, -0.05) is 29.9 Å². The second-order valence-corrected chi connectivity index (χ2v) is 7.69. The van der Waals surface area contributed by atoms with Crippen LogP contribution in [0, 0.1) is 5.82 Å². The van der Waals surface area contributed by atoms with Crippen LogP contribution in [0.2, 0.25) is 0 Å². The number of rotatable bonds is 6. The summed E-state index contributed by atoms with van der Waals surface area (Å²) in [6.07, 6.45) is 10.6. The first-order valence-corrected chi connectivity index (χ1v) is 9.63. The zero-order valence-electron chi connectivity index (χ0n) is 16.9. The highest BCUT2D eigenvalue weighted by molar-refractivity contribution is 6.09. The maximum absolute atomic E-state index is 13.0. The van der Waals surface area contributed by atoms with Crippen molar-refractivity contribution < 1.29 is 19.0 Å². The van der Waals surface area contributed by atoms with E-state index in [4.69, 9.17) is 4.74 Å². The Kier molecular flexibility index (Phi) is 6.02. The van der Waals surface area contributed by atoms with E-state index in [0.717, 1.165) is 12.8 Å². The molecule has 1 atom stereocenters. The van der Waals surface area contributed by atoms with Crippen molar-refractivity contribution in [3.05, 3.63) is 82.7 Å². The molecule has 150 valence electrons. The molecule has 0 saturated heterocycles. The van der Waals surface area contributed by atoms with Crippen molar-refractivity contribution in [1.82, 2.24) is 0 Å². The lowest BCUT2D eigenvalue weighted by atomic mass is 9.93. The standard InChI is InChI=1S/C25H25FO3/c1-17(2)5-4-15-25(3)16-14-21-23(29-25)13-11-20(24(21)28)22(27)12-8-18-6-9-19(26)10-7-18/h5-14,16,28H,4,15H2,1-3H3/b12-8+. The van der Waals surface area contributed by atoms with Gasteiger partial charge in [0.2, 0.25) is 0 Å². The first kappa shape index (κ1) is 20.6. The van der Waals surface area contributed by atoms with Gasteiger partial charge in [-0.25, -0.2) is 4.39 Å². The average molecular weight is 392 g/mol. The van der Waals surface area contributed by atoms with Crippen molar-refractivity contribution in [3.63, 3.8) is 0 Å². The summed E-state index contributed by atoms with van der Waals surface area (Å²) in [4.78, 5) is 12.5. The summed E-state index contributed by atoms with van der Waals surface area (Å²) in [5.41, 5.74) is 2.21. The topological polar surface area (TPSA) is 46.5 Å². The monoisotopic (exact) mass is 392 g/mol. The third-order valence-corrected chi connectivity index (χ3v) is 4.88. The molecule has 2 aromatic rings. The van der Waals surface area contributed by atoms with Gasteiger partial charge in [0.05, 0.1) is 11.1 Å². The lowest BCUT2D eigenvalue weighted by Crippen LogP contribution is -2.31. The Morgan fingerprint density at radius 1 is 1.17 bits per heavy atom. The second kappa shape index (κ2) is 8.48. The molecule has 0 bridgehead atoms. The van der Waals surface area contributed by atoms with Gasteiger partial charge in [-0.15, -0.1) is 0 Å². The van der Waals surface area contributed by atoms with Crippen LogP contribution in [0.4, 0.5) is 4.39 Å². The van der Waals surface area contributed by atoms with Crippen molar-refractivity contribution in [2.24, 2.45) is 0 Å². The van der Waals surface area contributed by atoms with Gasteiger partial charge >= 0.3 is 0 Å². The van der Waals surface area contributed by atoms with E-state index in [1.807, 2.05) is 19.1 Å². The molecular formula is C25H25FO3. The van der Waals surface area contributed by atoms with Crippen molar-refractivity contribution in [2.75, 3.05) is 0 Å². The molecule has 3 nitrogen and oxygen atoms in total. The minimum atomic E-state index is -0.459. The van der Waals surface area contributed by atoms with Crippen LogP contribution in [0.15, 0.2) is 60.2 Å². The molecule has 0 radical (unpaired) electrons. The fraction of sp³-hybridized carbons (Fsp3) is 0.240. The van der Waals surface area contributed by atoms with E-state index in [1.54, 1.807) is 30.3 Å². The number of hydrogen-bond acceptors (Lipinski definition) is 3. The van der Waals surface area contributed by atoms with E-state index >= 15 is 0 Å². The number of fused-ring (bicyclic) bond motifs is 1. The normalized spacial score (nSPS) is 17.7. The number of carbonyl (C=O) groups is 1. The van der Waals surface area contributed by atoms with Gasteiger partial charge in [-0.2, -0.15) is 0 Å². The summed E-state index contributed by atoms with van der Waals surface area (Å²) in [5, 5.41) is 10.6. The van der Waals surface area contributed by atoms with Gasteiger partial charge in [-0.05, 0) is 81.7 Å². The summed E-state index contributed by atoms with van der Waals surface area (Å²) >= 11 is 0. The van der Waals surface area contributed by atoms with Gasteiger partial charge in [0.1, 0.15) is 22.9 Å². The predicted octanol–water partition coefficient (Wildman–Crippen LogP) is 6.34. The number of phenolic OH excluding ortho intramolecular Hbond substituents is 1. The Morgan fingerprint density at radius 3 is 2.59 bits per heavy atom. The number of ketones is 1. The van der Waals surface area contributed by atoms with Crippen LogP contribution in [0.5, 0.6) is 11.5 Å². The van der Waals surface area contributed by atoms with Crippen molar-refractivity contribution in [1.29, 1.82) is 0 Å². The number of phenols is 1. The molecule has 0 aromatic heterocycles. The van der Waals surface area contributed by atoms with Crippen LogP contribution in [0.3, 0.4) is 0 Å². The largest absolute Gasteiger partial charge is 0.506 e. The summed E-state index contributed by atoms with van der Waals surface area (Å²) in [5.74, 6) is -0.206. The van der Waals surface area contributed by atoms with Crippen molar-refractivity contribution in [3.8, 4) is 11.5 Å². The van der Waals surface area contributed by atoms with Crippen LogP contribution < -0.4 is 4.74 Å². The van der Waals surface area contributed by atoms with Gasteiger partial charge in [0.15, 0.2) is 5.78 Å². The van der Waals surface area contributed by atoms with E-state index < -0.39 is 5.60 Å². The van der Waals surface area contributed by atoms with E-state index in [9.17, 15) is 14.3 Å². The Morgan fingerprint density at radius 2 is 1.90 bits per heavy atom. The molecule has 0 spiro atoms. The number of aromatic hydroxyl groups is 1. The van der Waals surface area contributed by atoms with Crippen molar-refractivity contribution in [2.45, 2.75) is 39.2 Å². The summed E-state index contributed by atoms with van der Waals surface area (Å²) < 4.78 is 19.1. The molecule has 4 heteroatoms. The Labute approximate surface area is 170 Å². The van der Waals surface area contributed by atoms with Crippen molar-refractivity contribution >= 4 is 17.9 Å². The highest BCUT2D eigenvalue weighted by atomic mass is 19.1. The number of carbonyl (C=O) groups excluding carboxylic acids is 1. The quantitative estimate of drug-likeness (QED) is 0.354. The maximum atomic E-state index is 13.0. The molecule has 0 aliphatic carbocycles. The summed E-state index contributed by atoms with van der Waals surface area (Å²) in [6.45, 7) is 6.14. The smallest absolute Gasteiger partial charge is 0.189 e. The van der Waals surface area contributed by atoms with Crippen LogP contribution in [-0.4, -0.2) is 16.5 Å². The molecule has 1 N–H and O–H groups in total. The number of allylic oxidation sites excluding steroid dienone is 3. The molecule has 1 unspecified atom stereocenters. The highest BCUT2D eigenvalue weighted by Gasteiger charge is 2.29. The molecular weight excluding hydrogens is 367 g/mol. The Balaban J connectivity index is 1.78. The number of ether oxygens (including phenoxy) is 1. The van der Waals surface area contributed by atoms with Gasteiger partial charge in [-0.3, -0.25) is 4.79 Å². The SMILES string of the molecule is CC(C)=CCCC1(C)C=Cc2c(ccc(C(=O)/C=C/c3ccc(F)cc3)c2O)O1. The molecule has 1 aliphatic rings. The second-order valence-electron chi connectivity index (χ2n) is 7.69. The predicted molar refractivity (Wildman–Crippen MR) is 115 cm³/mol. The van der Waals surface area contributed by atoms with Gasteiger partial charge < -0.3 is 9.84 Å². The molecule has 0 fully saturated rings. The molecule has 1 aliphatic heterocycles. The Bertz CT molecular complexity index is 995. The average Bonchev–Trinajstić information content (AvgIpc) is 2.67. The van der Waals surface area contributed by atoms with E-state index in [2.05, 4.69) is 19.9 Å². The first-order chi connectivity index (χ1) is 13.8. The molecule has 3 rings (SSSR count). The molecule has 0 amide bonds. The first-order valence-electron chi connectivity index (χ1n) is 9.63. The Hall–Kier alpha value is -3.14. The van der Waals surface area contributed by atoms with Gasteiger partial charge in [0, 0.05) is 0 Å². The third kappa shape index (κ3) is 5.02. The summed E-state index contributed by atoms with van der Waals surface area (Å²) in [7, 11) is 0. The van der Waals surface area contributed by atoms with E-state index in [0.29, 0.717) is 16.9 Å². The minimum Gasteiger partial charge on any atom is -0.506 e. The van der Waals surface area contributed by atoms with E-state index in [1.165, 1.54) is 23.8 Å². The van der Waals surface area contributed by atoms with Crippen LogP contribution in [-0.2, 0) is 0 Å². The third-order valence-electron chi connectivity index (χ3n) is 4.88. The zero-order valence-corrected chi connectivity index (χ0v) is 16.9. The molecule has 2 aromatic carbocycles. The fourth-order valence-corrected chi connectivity index (χ4v) is 3.20. The van der Waals surface area contributed by atoms with E-state index in [-0.39, 0.29) is 22.9 Å². The fourth-order valence-electron chi connectivity index (χ4n) is 3.20. The van der Waals surface area contributed by atoms with Crippen LogP contribution in [0.1, 0.15) is 55.1 Å². The number of hydrogen-bond donors (Lipinski definition) is 1. The molecule has 29 heavy (non-hydrogen) atoms. The molecule has 0 saturated carbocycles.